The van der Waals surface area contributed by atoms with Crippen LogP contribution in [0, 0.1) is 0 Å². The van der Waals surface area contributed by atoms with E-state index in [9.17, 15) is 4.79 Å². The fourth-order valence-corrected chi connectivity index (χ4v) is 3.72. The summed E-state index contributed by atoms with van der Waals surface area (Å²) in [6, 6.07) is 11.7. The molecule has 0 aliphatic heterocycles. The largest absolute Gasteiger partial charge is 0.479 e. The van der Waals surface area contributed by atoms with E-state index >= 15 is 0 Å². The average Bonchev–Trinajstić information content (AvgIpc) is 3.32. The Balaban J connectivity index is 1.69. The van der Waals surface area contributed by atoms with Crippen LogP contribution >= 0.6 is 0 Å². The molecule has 4 rings (SSSR count). The number of amides is 1. The number of likely N-dealkylation sites (N-methyl/N-ethyl adjacent to an activating group) is 2. The van der Waals surface area contributed by atoms with Crippen molar-refractivity contribution in [2.75, 3.05) is 56.9 Å². The normalized spacial score (nSPS) is 10.9. The minimum Gasteiger partial charge on any atom is -0.479 e. The molecule has 0 aliphatic carbocycles. The minimum absolute atomic E-state index is 0.339. The van der Waals surface area contributed by atoms with Crippen LogP contribution in [0.5, 0.6) is 5.88 Å². The van der Waals surface area contributed by atoms with Gasteiger partial charge in [-0.1, -0.05) is 12.6 Å². The van der Waals surface area contributed by atoms with Gasteiger partial charge in [0.2, 0.25) is 17.7 Å². The molecule has 0 spiro atoms. The summed E-state index contributed by atoms with van der Waals surface area (Å²) >= 11 is 0. The molecule has 0 aromatic carbocycles. The second kappa shape index (κ2) is 10.9. The van der Waals surface area contributed by atoms with Crippen molar-refractivity contribution < 1.29 is 9.53 Å². The number of aromatic nitrogens is 4. The quantitative estimate of drug-likeness (QED) is 0.328. The van der Waals surface area contributed by atoms with Crippen LogP contribution in [0.25, 0.3) is 16.8 Å². The maximum absolute atomic E-state index is 12.2. The zero-order valence-corrected chi connectivity index (χ0v) is 20.9. The summed E-state index contributed by atoms with van der Waals surface area (Å²) in [6.45, 7) is 5.06. The summed E-state index contributed by atoms with van der Waals surface area (Å²) in [7, 11) is 7.46. The summed E-state index contributed by atoms with van der Waals surface area (Å²) in [5.41, 5.74) is 3.83. The van der Waals surface area contributed by atoms with Crippen molar-refractivity contribution in [3.05, 3.63) is 67.6 Å². The Bertz CT molecular complexity index is 1380. The molecule has 0 radical (unpaired) electrons. The van der Waals surface area contributed by atoms with Crippen molar-refractivity contribution in [1.29, 1.82) is 0 Å². The second-order valence-electron chi connectivity index (χ2n) is 8.45. The number of anilines is 4. The fourth-order valence-electron chi connectivity index (χ4n) is 3.72. The third-order valence-electron chi connectivity index (χ3n) is 5.59. The maximum Gasteiger partial charge on any atom is 0.247 e. The van der Waals surface area contributed by atoms with E-state index in [2.05, 4.69) is 32.1 Å². The molecule has 0 saturated carbocycles. The SMILES string of the molecule is C=CC(=O)Nc1cc(Nc2nccc(-c3ccn4ccccc34)n2)c(OC)nc1N(C)CCN(C)C. The standard InChI is InChI=1S/C26H30N8O2/c1-6-23(35)28-20-17-21(25(36-5)31-24(20)33(4)16-15-32(2)3)30-26-27-12-10-19(29-26)18-11-14-34-13-8-7-9-22(18)34/h6-14,17H,1,15-16H2,2-5H3,(H,28,35)(H,27,29,30). The summed E-state index contributed by atoms with van der Waals surface area (Å²) in [6.07, 6.45) is 6.90. The van der Waals surface area contributed by atoms with Gasteiger partial charge in [0.05, 0.1) is 24.0 Å². The van der Waals surface area contributed by atoms with Crippen molar-refractivity contribution >= 4 is 34.6 Å². The Labute approximate surface area is 210 Å². The molecule has 0 atom stereocenters. The van der Waals surface area contributed by atoms with E-state index < -0.39 is 0 Å². The lowest BCUT2D eigenvalue weighted by atomic mass is 10.2. The van der Waals surface area contributed by atoms with Gasteiger partial charge in [0.25, 0.3) is 0 Å². The molecule has 4 heterocycles. The van der Waals surface area contributed by atoms with Gasteiger partial charge in [0, 0.05) is 44.3 Å². The predicted octanol–water partition coefficient (Wildman–Crippen LogP) is 3.67. The number of hydrogen-bond acceptors (Lipinski definition) is 8. The molecule has 2 N–H and O–H groups in total. The first-order valence-electron chi connectivity index (χ1n) is 11.4. The summed E-state index contributed by atoms with van der Waals surface area (Å²) < 4.78 is 7.62. The molecule has 4 aromatic rings. The summed E-state index contributed by atoms with van der Waals surface area (Å²) in [5.74, 6) is 0.956. The number of rotatable bonds is 10. The highest BCUT2D eigenvalue weighted by Crippen LogP contribution is 2.35. The topological polar surface area (TPSA) is 99.9 Å². The van der Waals surface area contributed by atoms with Gasteiger partial charge in [-0.05, 0) is 50.5 Å². The third kappa shape index (κ3) is 5.44. The summed E-state index contributed by atoms with van der Waals surface area (Å²) in [4.78, 5) is 30.0. The van der Waals surface area contributed by atoms with Crippen LogP contribution in [0.3, 0.4) is 0 Å². The first-order valence-corrected chi connectivity index (χ1v) is 11.4. The number of hydrogen-bond donors (Lipinski definition) is 2. The number of fused-ring (bicyclic) bond motifs is 1. The van der Waals surface area contributed by atoms with Gasteiger partial charge in [0.15, 0.2) is 5.82 Å². The monoisotopic (exact) mass is 486 g/mol. The van der Waals surface area contributed by atoms with Crippen molar-refractivity contribution in [1.82, 2.24) is 24.3 Å². The predicted molar refractivity (Wildman–Crippen MR) is 143 cm³/mol. The Morgan fingerprint density at radius 3 is 2.69 bits per heavy atom. The van der Waals surface area contributed by atoms with Gasteiger partial charge in [-0.15, -0.1) is 0 Å². The van der Waals surface area contributed by atoms with Crippen LogP contribution in [-0.2, 0) is 4.79 Å². The molecule has 4 aromatic heterocycles. The van der Waals surface area contributed by atoms with Crippen LogP contribution in [0.2, 0.25) is 0 Å². The molecule has 0 bridgehead atoms. The van der Waals surface area contributed by atoms with Gasteiger partial charge in [-0.25, -0.2) is 9.97 Å². The van der Waals surface area contributed by atoms with Crippen LogP contribution < -0.4 is 20.3 Å². The van der Waals surface area contributed by atoms with E-state index in [4.69, 9.17) is 9.72 Å². The van der Waals surface area contributed by atoms with Gasteiger partial charge in [0.1, 0.15) is 5.69 Å². The highest BCUT2D eigenvalue weighted by Gasteiger charge is 2.18. The van der Waals surface area contributed by atoms with E-state index in [1.807, 2.05) is 73.2 Å². The Kier molecular flexibility index (Phi) is 7.45. The number of pyridine rings is 2. The lowest BCUT2D eigenvalue weighted by Crippen LogP contribution is -2.30. The van der Waals surface area contributed by atoms with Crippen molar-refractivity contribution in [3.8, 4) is 17.1 Å². The highest BCUT2D eigenvalue weighted by atomic mass is 16.5. The maximum atomic E-state index is 12.2. The van der Waals surface area contributed by atoms with Gasteiger partial charge in [-0.2, -0.15) is 4.98 Å². The molecule has 1 amide bonds. The van der Waals surface area contributed by atoms with Crippen LogP contribution in [0.15, 0.2) is 67.6 Å². The zero-order valence-electron chi connectivity index (χ0n) is 20.9. The van der Waals surface area contributed by atoms with Gasteiger partial charge in [-0.3, -0.25) is 4.79 Å². The lowest BCUT2D eigenvalue weighted by molar-refractivity contribution is -0.111. The van der Waals surface area contributed by atoms with Crippen molar-refractivity contribution in [2.24, 2.45) is 0 Å². The molecule has 0 aliphatic rings. The lowest BCUT2D eigenvalue weighted by Gasteiger charge is -2.24. The summed E-state index contributed by atoms with van der Waals surface area (Å²) in [5, 5.41) is 6.05. The molecule has 10 nitrogen and oxygen atoms in total. The molecular weight excluding hydrogens is 456 g/mol. The fraction of sp³-hybridized carbons (Fsp3) is 0.231. The number of methoxy groups -OCH3 is 1. The van der Waals surface area contributed by atoms with E-state index in [1.165, 1.54) is 6.08 Å². The number of nitrogens with zero attached hydrogens (tertiary/aromatic N) is 6. The van der Waals surface area contributed by atoms with E-state index in [1.54, 1.807) is 19.4 Å². The molecule has 0 unspecified atom stereocenters. The van der Waals surface area contributed by atoms with Gasteiger partial charge < -0.3 is 29.6 Å². The number of nitrogens with one attached hydrogen (secondary N) is 2. The smallest absolute Gasteiger partial charge is 0.247 e. The van der Waals surface area contributed by atoms with Crippen LogP contribution in [0.1, 0.15) is 0 Å². The first-order chi connectivity index (χ1) is 17.4. The van der Waals surface area contributed by atoms with E-state index in [0.29, 0.717) is 35.6 Å². The number of ether oxygens (including phenoxy) is 1. The van der Waals surface area contributed by atoms with E-state index in [-0.39, 0.29) is 5.91 Å². The molecular formula is C26H30N8O2. The van der Waals surface area contributed by atoms with Crippen LogP contribution in [0.4, 0.5) is 23.1 Å². The van der Waals surface area contributed by atoms with Crippen molar-refractivity contribution in [3.63, 3.8) is 0 Å². The Morgan fingerprint density at radius 1 is 1.11 bits per heavy atom. The van der Waals surface area contributed by atoms with Crippen LogP contribution in [-0.4, -0.2) is 71.5 Å². The molecule has 186 valence electrons. The van der Waals surface area contributed by atoms with Crippen molar-refractivity contribution in [2.45, 2.75) is 0 Å². The number of carbonyl (C=O) groups is 1. The number of carbonyl (C=O) groups excluding carboxylic acids is 1. The molecule has 0 saturated heterocycles. The zero-order chi connectivity index (χ0) is 25.7. The average molecular weight is 487 g/mol. The molecule has 36 heavy (non-hydrogen) atoms. The van der Waals surface area contributed by atoms with Gasteiger partial charge >= 0.3 is 0 Å². The minimum atomic E-state index is -0.339. The second-order valence-corrected chi connectivity index (χ2v) is 8.45. The molecule has 10 heteroatoms. The Hall–Kier alpha value is -4.44. The first kappa shape index (κ1) is 24.7. The molecule has 0 fully saturated rings. The Morgan fingerprint density at radius 2 is 1.94 bits per heavy atom. The highest BCUT2D eigenvalue weighted by molar-refractivity contribution is 6.01. The third-order valence-corrected chi connectivity index (χ3v) is 5.59. The van der Waals surface area contributed by atoms with E-state index in [0.717, 1.165) is 23.3 Å².